The van der Waals surface area contributed by atoms with Crippen LogP contribution >= 0.6 is 12.4 Å². The van der Waals surface area contributed by atoms with E-state index >= 15 is 0 Å². The monoisotopic (exact) mass is 743 g/mol. The lowest BCUT2D eigenvalue weighted by atomic mass is 10.0. The summed E-state index contributed by atoms with van der Waals surface area (Å²) < 4.78 is 78.0. The number of alkyl halides is 5. The van der Waals surface area contributed by atoms with E-state index in [4.69, 9.17) is 9.47 Å². The van der Waals surface area contributed by atoms with E-state index in [1.165, 1.54) is 18.8 Å². The molecule has 0 saturated carbocycles. The molecule has 1 aliphatic heterocycles. The molecule has 1 aliphatic rings. The second-order valence-electron chi connectivity index (χ2n) is 12.6. The van der Waals surface area contributed by atoms with Gasteiger partial charge < -0.3 is 19.4 Å². The van der Waals surface area contributed by atoms with Crippen molar-refractivity contribution in [2.45, 2.75) is 32.3 Å². The number of piperazine rings is 1. The van der Waals surface area contributed by atoms with Crippen LogP contribution in [0.4, 0.5) is 27.6 Å². The zero-order chi connectivity index (χ0) is 36.1. The minimum atomic E-state index is -4.48. The first-order valence-corrected chi connectivity index (χ1v) is 16.5. The lowest BCUT2D eigenvalue weighted by Crippen LogP contribution is -2.45. The van der Waals surface area contributed by atoms with E-state index in [0.29, 0.717) is 23.1 Å². The molecule has 8 nitrogen and oxygen atoms in total. The second kappa shape index (κ2) is 16.7. The van der Waals surface area contributed by atoms with Gasteiger partial charge in [-0.1, -0.05) is 12.1 Å². The quantitative estimate of drug-likeness (QED) is 0.130. The van der Waals surface area contributed by atoms with Crippen LogP contribution in [0.5, 0.6) is 17.4 Å². The number of nitrogens with zero attached hydrogens (tertiary/aromatic N) is 4. The molecule has 3 aromatic carbocycles. The zero-order valence-corrected chi connectivity index (χ0v) is 29.4. The molecule has 0 bridgehead atoms. The Balaban J connectivity index is 0.00000523. The number of aryl methyl sites for hydroxylation is 2. The summed E-state index contributed by atoms with van der Waals surface area (Å²) in [6.45, 7) is 4.97. The number of carbonyl (C=O) groups is 1. The van der Waals surface area contributed by atoms with Crippen molar-refractivity contribution in [1.29, 1.82) is 0 Å². The number of hydrogen-bond acceptors (Lipinski definition) is 6. The molecule has 6 rings (SSSR count). The Morgan fingerprint density at radius 3 is 2.15 bits per heavy atom. The first kappa shape index (κ1) is 38.5. The summed E-state index contributed by atoms with van der Waals surface area (Å²) in [5.74, 6) is 0.836. The molecule has 0 unspecified atom stereocenters. The number of carbonyl (C=O) groups excluding carboxylic acids is 1. The maximum atomic E-state index is 13.0. The van der Waals surface area contributed by atoms with Gasteiger partial charge in [0.1, 0.15) is 24.8 Å². The van der Waals surface area contributed by atoms with Crippen LogP contribution in [0.2, 0.25) is 0 Å². The first-order chi connectivity index (χ1) is 24.5. The summed E-state index contributed by atoms with van der Waals surface area (Å²) in [6.07, 6.45) is -4.12. The Morgan fingerprint density at radius 1 is 0.865 bits per heavy atom. The second-order valence-corrected chi connectivity index (χ2v) is 12.6. The number of hydrogen-bond donors (Lipinski definition) is 1. The third kappa shape index (κ3) is 9.38. The maximum Gasteiger partial charge on any atom is 0.416 e. The van der Waals surface area contributed by atoms with Gasteiger partial charge in [0, 0.05) is 75.1 Å². The average molecular weight is 744 g/mol. The zero-order valence-electron chi connectivity index (χ0n) is 28.6. The lowest BCUT2D eigenvalue weighted by Gasteiger charge is -2.34. The Bertz CT molecular complexity index is 1960. The minimum absolute atomic E-state index is 0. The van der Waals surface area contributed by atoms with Crippen molar-refractivity contribution in [2.24, 2.45) is 7.05 Å². The van der Waals surface area contributed by atoms with Gasteiger partial charge in [0.15, 0.2) is 6.10 Å². The number of nitrogens with one attached hydrogen (secondary N) is 1. The highest BCUT2D eigenvalue weighted by molar-refractivity contribution is 6.05. The highest BCUT2D eigenvalue weighted by atomic mass is 35.5. The Morgan fingerprint density at radius 2 is 1.54 bits per heavy atom. The predicted molar refractivity (Wildman–Crippen MR) is 192 cm³/mol. The number of pyridine rings is 1. The molecular formula is C38H39ClF5N5O3. The van der Waals surface area contributed by atoms with Crippen molar-refractivity contribution in [3.05, 3.63) is 113 Å². The van der Waals surface area contributed by atoms with E-state index < -0.39 is 37.1 Å². The largest absolute Gasteiger partial charge is 0.485 e. The van der Waals surface area contributed by atoms with Crippen LogP contribution in [0.25, 0.3) is 10.9 Å². The van der Waals surface area contributed by atoms with Crippen LogP contribution in [0.3, 0.4) is 0 Å². The number of anilines is 1. The van der Waals surface area contributed by atoms with Gasteiger partial charge >= 0.3 is 6.18 Å². The third-order valence-electron chi connectivity index (χ3n) is 8.96. The number of ether oxygens (including phenoxy) is 2. The van der Waals surface area contributed by atoms with Crippen LogP contribution in [0, 0.1) is 6.92 Å². The summed E-state index contributed by atoms with van der Waals surface area (Å²) in [5.41, 5.74) is 3.21. The molecule has 3 heterocycles. The van der Waals surface area contributed by atoms with Gasteiger partial charge in [-0.05, 0) is 72.6 Å². The molecule has 276 valence electrons. The topological polar surface area (TPSA) is 71.9 Å². The summed E-state index contributed by atoms with van der Waals surface area (Å²) in [5, 5.41) is 3.75. The van der Waals surface area contributed by atoms with Gasteiger partial charge in [-0.2, -0.15) is 13.2 Å². The highest BCUT2D eigenvalue weighted by Crippen LogP contribution is 2.31. The van der Waals surface area contributed by atoms with Gasteiger partial charge in [0.25, 0.3) is 5.91 Å². The number of amides is 1. The number of benzene rings is 3. The molecule has 0 aliphatic carbocycles. The molecule has 1 N–H and O–H groups in total. The molecule has 14 heteroatoms. The fraction of sp³-hybridized carbons (Fsp3) is 0.316. The predicted octanol–water partition coefficient (Wildman–Crippen LogP) is 8.37. The molecule has 1 saturated heterocycles. The first-order valence-electron chi connectivity index (χ1n) is 16.5. The van der Waals surface area contributed by atoms with E-state index in [9.17, 15) is 26.7 Å². The van der Waals surface area contributed by atoms with Gasteiger partial charge in [-0.25, -0.2) is 13.8 Å². The van der Waals surface area contributed by atoms with Crippen molar-refractivity contribution in [2.75, 3.05) is 44.8 Å². The number of aromatic nitrogens is 2. The van der Waals surface area contributed by atoms with Gasteiger partial charge in [0.2, 0.25) is 5.88 Å². The normalized spacial score (nSPS) is 14.0. The minimum Gasteiger partial charge on any atom is -0.485 e. The van der Waals surface area contributed by atoms with Gasteiger partial charge in [-0.15, -0.1) is 12.4 Å². The fourth-order valence-corrected chi connectivity index (χ4v) is 6.07. The van der Waals surface area contributed by atoms with E-state index in [1.807, 2.05) is 37.4 Å². The van der Waals surface area contributed by atoms with E-state index in [-0.39, 0.29) is 23.5 Å². The van der Waals surface area contributed by atoms with Crippen LogP contribution in [0.15, 0.2) is 85.1 Å². The lowest BCUT2D eigenvalue weighted by molar-refractivity contribution is -0.137. The fourth-order valence-electron chi connectivity index (χ4n) is 6.07. The molecule has 0 atom stereocenters. The van der Waals surface area contributed by atoms with E-state index in [1.54, 1.807) is 24.3 Å². The van der Waals surface area contributed by atoms with Crippen molar-refractivity contribution < 1.29 is 36.2 Å². The molecule has 1 fully saturated rings. The molecule has 0 radical (unpaired) electrons. The summed E-state index contributed by atoms with van der Waals surface area (Å²) >= 11 is 0. The molecule has 52 heavy (non-hydrogen) atoms. The van der Waals surface area contributed by atoms with Gasteiger partial charge in [-0.3, -0.25) is 14.6 Å². The number of fused-ring (bicyclic) bond motifs is 1. The summed E-state index contributed by atoms with van der Waals surface area (Å²) in [7, 11) is 2.03. The molecule has 1 amide bonds. The standard InChI is InChI=1S/C38H38F5N5O3.ClH/c1-25-17-28(38(41,42)43)6-11-34(25)37(49)45-29-7-12-36(44-22-29)51-32-10-5-27-18-30(46(2)35(27)19-32)24-48-15-13-47(14-16-48)23-26-3-8-31(9-4-26)50-33(20-39)21-40;/h3-12,17-19,22,33H,13-16,20-21,23-24H2,1-2H3,(H,45,49);1H. The Kier molecular flexibility index (Phi) is 12.4. The molecule has 0 spiro atoms. The van der Waals surface area contributed by atoms with E-state index in [0.717, 1.165) is 73.9 Å². The van der Waals surface area contributed by atoms with Crippen LogP contribution < -0.4 is 14.8 Å². The van der Waals surface area contributed by atoms with Crippen molar-refractivity contribution in [3.8, 4) is 17.4 Å². The van der Waals surface area contributed by atoms with Crippen molar-refractivity contribution in [1.82, 2.24) is 19.4 Å². The summed E-state index contributed by atoms with van der Waals surface area (Å²) in [6, 6.07) is 21.6. The SMILES string of the molecule is Cc1cc(C(F)(F)F)ccc1C(=O)Nc1ccc(Oc2ccc3cc(CN4CCN(Cc5ccc(OC(CF)CF)cc5)CC4)n(C)c3c2)nc1.Cl. The third-order valence-corrected chi connectivity index (χ3v) is 8.96. The van der Waals surface area contributed by atoms with Crippen LogP contribution in [0.1, 0.15) is 32.7 Å². The van der Waals surface area contributed by atoms with E-state index in [2.05, 4.69) is 30.7 Å². The Labute approximate surface area is 304 Å². The van der Waals surface area contributed by atoms with Crippen molar-refractivity contribution in [3.63, 3.8) is 0 Å². The Hall–Kier alpha value is -4.72. The maximum absolute atomic E-state index is 13.0. The highest BCUT2D eigenvalue weighted by Gasteiger charge is 2.31. The molecule has 2 aromatic heterocycles. The number of halogens is 6. The summed E-state index contributed by atoms with van der Waals surface area (Å²) in [4.78, 5) is 21.8. The molecular weight excluding hydrogens is 705 g/mol. The molecule has 5 aromatic rings. The van der Waals surface area contributed by atoms with Crippen LogP contribution in [-0.2, 0) is 26.3 Å². The van der Waals surface area contributed by atoms with Gasteiger partial charge in [0.05, 0.1) is 23.0 Å². The average Bonchev–Trinajstić information content (AvgIpc) is 3.42. The number of rotatable bonds is 12. The van der Waals surface area contributed by atoms with Crippen molar-refractivity contribution >= 4 is 34.9 Å². The van der Waals surface area contributed by atoms with Crippen LogP contribution in [-0.4, -0.2) is 70.9 Å². The smallest absolute Gasteiger partial charge is 0.416 e.